The van der Waals surface area contributed by atoms with Crippen molar-refractivity contribution in [1.82, 2.24) is 10.2 Å². The highest BCUT2D eigenvalue weighted by Crippen LogP contribution is 2.48. The maximum absolute atomic E-state index is 11.6. The molecule has 2 aliphatic carbocycles. The second-order valence-corrected chi connectivity index (χ2v) is 8.26. The molecule has 0 bridgehead atoms. The maximum atomic E-state index is 11.6. The lowest BCUT2D eigenvalue weighted by Crippen LogP contribution is -2.47. The van der Waals surface area contributed by atoms with Crippen molar-refractivity contribution in [3.05, 3.63) is 35.4 Å². The van der Waals surface area contributed by atoms with Gasteiger partial charge in [-0.3, -0.25) is 4.79 Å². The largest absolute Gasteiger partial charge is 0.350 e. The molecule has 4 rings (SSSR count). The Bertz CT molecular complexity index is 610. The summed E-state index contributed by atoms with van der Waals surface area (Å²) in [7, 11) is 0. The van der Waals surface area contributed by atoms with Crippen LogP contribution in [0.15, 0.2) is 24.3 Å². The number of nitrogens with one attached hydrogen (secondary N) is 1. The predicted molar refractivity (Wildman–Crippen MR) is 101 cm³/mol. The minimum Gasteiger partial charge on any atom is -0.350 e. The number of carbonyl (C=O) groups is 1. The third kappa shape index (κ3) is 2.99. The topological polar surface area (TPSA) is 32.3 Å². The van der Waals surface area contributed by atoms with Crippen molar-refractivity contribution < 1.29 is 7.65 Å². The number of piperidine rings is 1. The molecular formula is C21H34N2O. The van der Waals surface area contributed by atoms with E-state index in [1.54, 1.807) is 6.92 Å². The Labute approximate surface area is 148 Å². The lowest BCUT2D eigenvalue weighted by atomic mass is 9.63. The summed E-state index contributed by atoms with van der Waals surface area (Å²) in [6, 6.07) is 9.07. The molecule has 1 spiro atoms. The smallest absolute Gasteiger partial charge is 0.217 e. The van der Waals surface area contributed by atoms with Crippen molar-refractivity contribution in [1.29, 1.82) is 0 Å². The molecule has 3 aliphatic rings. The second-order valence-electron chi connectivity index (χ2n) is 8.26. The van der Waals surface area contributed by atoms with E-state index in [0.29, 0.717) is 5.41 Å². The van der Waals surface area contributed by atoms with Crippen molar-refractivity contribution in [3.63, 3.8) is 0 Å². The SMILES string of the molecule is CC(=O)N[C@H]1CCC2(CCN(CC3CCC3)CC2)c2ccccc21.[HH].[HH]. The van der Waals surface area contributed by atoms with Crippen LogP contribution < -0.4 is 5.32 Å². The quantitative estimate of drug-likeness (QED) is 0.897. The van der Waals surface area contributed by atoms with Crippen molar-refractivity contribution in [2.24, 2.45) is 5.92 Å². The van der Waals surface area contributed by atoms with Crippen LogP contribution in [0.2, 0.25) is 0 Å². The number of rotatable bonds is 3. The minimum atomic E-state index is 0. The molecule has 1 saturated carbocycles. The Hall–Kier alpha value is -1.35. The first-order valence-electron chi connectivity index (χ1n) is 9.75. The van der Waals surface area contributed by atoms with Gasteiger partial charge in [0.25, 0.3) is 0 Å². The molecular weight excluding hydrogens is 296 g/mol. The molecule has 0 unspecified atom stereocenters. The number of likely N-dealkylation sites (tertiary alicyclic amines) is 1. The number of carbonyl (C=O) groups excluding carboxylic acids is 1. The van der Waals surface area contributed by atoms with Crippen LogP contribution in [0.1, 0.15) is 71.9 Å². The van der Waals surface area contributed by atoms with Gasteiger partial charge in [-0.15, -0.1) is 0 Å². The van der Waals surface area contributed by atoms with Crippen molar-refractivity contribution in [3.8, 4) is 0 Å². The Kier molecular flexibility index (Phi) is 4.38. The molecule has 1 aromatic carbocycles. The average molecular weight is 331 g/mol. The molecule has 2 fully saturated rings. The second kappa shape index (κ2) is 6.51. The molecule has 1 heterocycles. The molecule has 1 atom stereocenters. The van der Waals surface area contributed by atoms with Gasteiger partial charge in [0.2, 0.25) is 5.91 Å². The summed E-state index contributed by atoms with van der Waals surface area (Å²) in [4.78, 5) is 14.3. The van der Waals surface area contributed by atoms with E-state index in [0.717, 1.165) is 12.3 Å². The number of amides is 1. The summed E-state index contributed by atoms with van der Waals surface area (Å²) < 4.78 is 0. The fraction of sp³-hybridized carbons (Fsp3) is 0.667. The Morgan fingerprint density at radius 3 is 2.62 bits per heavy atom. The molecule has 1 aromatic rings. The Morgan fingerprint density at radius 1 is 1.21 bits per heavy atom. The Morgan fingerprint density at radius 2 is 1.96 bits per heavy atom. The minimum absolute atomic E-state index is 0. The van der Waals surface area contributed by atoms with E-state index in [9.17, 15) is 4.79 Å². The summed E-state index contributed by atoms with van der Waals surface area (Å²) in [5, 5.41) is 3.16. The third-order valence-corrected chi connectivity index (χ3v) is 6.75. The number of benzene rings is 1. The monoisotopic (exact) mass is 330 g/mol. The highest BCUT2D eigenvalue weighted by Gasteiger charge is 2.42. The van der Waals surface area contributed by atoms with Gasteiger partial charge in [0.05, 0.1) is 6.04 Å². The molecule has 1 amide bonds. The van der Waals surface area contributed by atoms with Gasteiger partial charge in [-0.1, -0.05) is 30.7 Å². The van der Waals surface area contributed by atoms with Gasteiger partial charge in [0.15, 0.2) is 0 Å². The molecule has 3 heteroatoms. The standard InChI is InChI=1S/C21H30N2O.2H2/c1-16(24)22-20-9-10-21(19-8-3-2-7-18(19)20)11-13-23(14-12-21)15-17-5-4-6-17;;/h2-3,7-8,17,20H,4-6,9-15H2,1H3,(H,22,24);2*1H/t20-;;/m0../s1. The van der Waals surface area contributed by atoms with Gasteiger partial charge < -0.3 is 10.2 Å². The predicted octanol–water partition coefficient (Wildman–Crippen LogP) is 4.28. The van der Waals surface area contributed by atoms with Crippen LogP contribution in [0.25, 0.3) is 0 Å². The third-order valence-electron chi connectivity index (χ3n) is 6.75. The summed E-state index contributed by atoms with van der Waals surface area (Å²) in [5.74, 6) is 1.06. The maximum Gasteiger partial charge on any atom is 0.217 e. The lowest BCUT2D eigenvalue weighted by molar-refractivity contribution is -0.119. The zero-order valence-corrected chi connectivity index (χ0v) is 14.9. The molecule has 1 saturated heterocycles. The van der Waals surface area contributed by atoms with Gasteiger partial charge >= 0.3 is 0 Å². The fourth-order valence-electron chi connectivity index (χ4n) is 5.11. The van der Waals surface area contributed by atoms with E-state index >= 15 is 0 Å². The number of nitrogens with zero attached hydrogens (tertiary/aromatic N) is 1. The van der Waals surface area contributed by atoms with Crippen molar-refractivity contribution >= 4 is 5.91 Å². The van der Waals surface area contributed by atoms with Gasteiger partial charge in [-0.05, 0) is 74.1 Å². The highest BCUT2D eigenvalue weighted by atomic mass is 16.1. The first kappa shape index (κ1) is 16.1. The van der Waals surface area contributed by atoms with E-state index in [2.05, 4.69) is 34.5 Å². The molecule has 1 aliphatic heterocycles. The van der Waals surface area contributed by atoms with E-state index in [4.69, 9.17) is 0 Å². The van der Waals surface area contributed by atoms with E-state index in [1.165, 1.54) is 69.3 Å². The molecule has 0 radical (unpaired) electrons. The summed E-state index contributed by atoms with van der Waals surface area (Å²) in [6.07, 6.45) is 9.20. The summed E-state index contributed by atoms with van der Waals surface area (Å²) >= 11 is 0. The van der Waals surface area contributed by atoms with Crippen LogP contribution in [-0.2, 0) is 10.2 Å². The van der Waals surface area contributed by atoms with E-state index < -0.39 is 0 Å². The fourth-order valence-corrected chi connectivity index (χ4v) is 5.11. The van der Waals surface area contributed by atoms with Crippen LogP contribution in [0, 0.1) is 5.92 Å². The lowest BCUT2D eigenvalue weighted by Gasteiger charge is -2.48. The molecule has 134 valence electrons. The van der Waals surface area contributed by atoms with Crippen molar-refractivity contribution in [2.45, 2.75) is 63.3 Å². The van der Waals surface area contributed by atoms with Gasteiger partial charge in [-0.2, -0.15) is 0 Å². The summed E-state index contributed by atoms with van der Waals surface area (Å²) in [6.45, 7) is 5.45. The molecule has 24 heavy (non-hydrogen) atoms. The molecule has 0 aromatic heterocycles. The zero-order valence-electron chi connectivity index (χ0n) is 14.9. The summed E-state index contributed by atoms with van der Waals surface area (Å²) in [5.41, 5.74) is 3.23. The molecule has 3 nitrogen and oxygen atoms in total. The first-order valence-corrected chi connectivity index (χ1v) is 9.75. The highest BCUT2D eigenvalue weighted by molar-refractivity contribution is 5.73. The van der Waals surface area contributed by atoms with Crippen molar-refractivity contribution in [2.75, 3.05) is 19.6 Å². The van der Waals surface area contributed by atoms with Crippen LogP contribution in [0.4, 0.5) is 0 Å². The number of fused-ring (bicyclic) bond motifs is 2. The Balaban J connectivity index is 0.00000121. The van der Waals surface area contributed by atoms with Gasteiger partial charge in [0.1, 0.15) is 0 Å². The van der Waals surface area contributed by atoms with E-state index in [1.807, 2.05) is 0 Å². The number of hydrogen-bond acceptors (Lipinski definition) is 2. The van der Waals surface area contributed by atoms with Gasteiger partial charge in [0, 0.05) is 16.3 Å². The van der Waals surface area contributed by atoms with Crippen LogP contribution >= 0.6 is 0 Å². The first-order chi connectivity index (χ1) is 11.7. The van der Waals surface area contributed by atoms with Crippen LogP contribution in [0.3, 0.4) is 0 Å². The normalized spacial score (nSPS) is 26.6. The average Bonchev–Trinajstić information content (AvgIpc) is 2.55. The van der Waals surface area contributed by atoms with Crippen LogP contribution in [-0.4, -0.2) is 30.4 Å². The number of hydrogen-bond donors (Lipinski definition) is 1. The zero-order chi connectivity index (χ0) is 16.6. The van der Waals surface area contributed by atoms with Crippen LogP contribution in [0.5, 0.6) is 0 Å². The van der Waals surface area contributed by atoms with E-state index in [-0.39, 0.29) is 14.8 Å². The molecule has 1 N–H and O–H groups in total. The van der Waals surface area contributed by atoms with Gasteiger partial charge in [-0.25, -0.2) is 0 Å².